The van der Waals surface area contributed by atoms with Gasteiger partial charge in [-0.25, -0.2) is 9.78 Å². The number of esters is 1. The Kier molecular flexibility index (Phi) is 7.10. The first-order valence-corrected chi connectivity index (χ1v) is 12.0. The summed E-state index contributed by atoms with van der Waals surface area (Å²) in [5, 5.41) is 13.5. The number of hydrogen-bond donors (Lipinski definition) is 1. The average Bonchev–Trinajstić information content (AvgIpc) is 3.45. The van der Waals surface area contributed by atoms with Gasteiger partial charge in [-0.1, -0.05) is 17.7 Å². The van der Waals surface area contributed by atoms with Crippen LogP contribution in [0.25, 0.3) is 27.7 Å². The highest BCUT2D eigenvalue weighted by Crippen LogP contribution is 2.33. The standard InChI is InChI=1S/C28H24ClN5O4/c1-36-20-7-4-18(27(12-20)37-2)13-30-24-14-32-33-23-10-17(5-8-21(23)24)22-11-19(29)6-9-26(22)34-15-25(31-16-34)28(35)38-3/h4-12,14-16H,13H2,1-3H3,(H,30,33). The molecule has 0 aliphatic rings. The third-order valence-corrected chi connectivity index (χ3v) is 6.36. The van der Waals surface area contributed by atoms with Crippen molar-refractivity contribution in [1.29, 1.82) is 0 Å². The number of nitrogens with zero attached hydrogens (tertiary/aromatic N) is 4. The van der Waals surface area contributed by atoms with Crippen LogP contribution in [0.15, 0.2) is 73.3 Å². The Morgan fingerprint density at radius 1 is 1.03 bits per heavy atom. The zero-order valence-electron chi connectivity index (χ0n) is 20.9. The molecule has 0 bridgehead atoms. The van der Waals surface area contributed by atoms with Gasteiger partial charge in [0.05, 0.1) is 44.4 Å². The first-order chi connectivity index (χ1) is 18.5. The van der Waals surface area contributed by atoms with Gasteiger partial charge >= 0.3 is 5.97 Å². The van der Waals surface area contributed by atoms with Crippen LogP contribution >= 0.6 is 11.6 Å². The largest absolute Gasteiger partial charge is 0.497 e. The lowest BCUT2D eigenvalue weighted by atomic mass is 10.0. The zero-order valence-corrected chi connectivity index (χ0v) is 21.7. The Morgan fingerprint density at radius 3 is 2.68 bits per heavy atom. The molecule has 0 saturated heterocycles. The van der Waals surface area contributed by atoms with Crippen LogP contribution in [0.1, 0.15) is 16.1 Å². The second kappa shape index (κ2) is 10.8. The molecule has 0 radical (unpaired) electrons. The fourth-order valence-electron chi connectivity index (χ4n) is 4.19. The van der Waals surface area contributed by atoms with Crippen molar-refractivity contribution in [3.05, 3.63) is 89.6 Å². The van der Waals surface area contributed by atoms with Gasteiger partial charge in [0.2, 0.25) is 0 Å². The second-order valence-electron chi connectivity index (χ2n) is 8.34. The van der Waals surface area contributed by atoms with Crippen molar-refractivity contribution in [2.24, 2.45) is 0 Å². The SMILES string of the molecule is COC(=O)c1cn(-c2ccc(Cl)cc2-c2ccc3c(NCc4ccc(OC)cc4OC)cnnc3c2)cn1. The molecular weight excluding hydrogens is 506 g/mol. The van der Waals surface area contributed by atoms with E-state index in [4.69, 9.17) is 25.8 Å². The number of rotatable bonds is 8. The Balaban J connectivity index is 1.48. The van der Waals surface area contributed by atoms with Gasteiger partial charge in [-0.2, -0.15) is 10.2 Å². The molecule has 0 fully saturated rings. The van der Waals surface area contributed by atoms with Crippen LogP contribution in [0.2, 0.25) is 5.02 Å². The predicted molar refractivity (Wildman–Crippen MR) is 145 cm³/mol. The molecular formula is C28H24ClN5O4. The van der Waals surface area contributed by atoms with Gasteiger partial charge in [0.25, 0.3) is 0 Å². The van der Waals surface area contributed by atoms with Crippen LogP contribution in [0.4, 0.5) is 5.69 Å². The Labute approximate surface area is 224 Å². The number of anilines is 1. The third kappa shape index (κ3) is 4.96. The first kappa shape index (κ1) is 25.0. The van der Waals surface area contributed by atoms with Gasteiger partial charge in [-0.05, 0) is 48.0 Å². The van der Waals surface area contributed by atoms with E-state index in [-0.39, 0.29) is 5.69 Å². The topological polar surface area (TPSA) is 100 Å². The molecule has 5 rings (SSSR count). The number of aromatic nitrogens is 4. The Bertz CT molecular complexity index is 1640. The van der Waals surface area contributed by atoms with Crippen LogP contribution in [0.3, 0.4) is 0 Å². The quantitative estimate of drug-likeness (QED) is 0.261. The van der Waals surface area contributed by atoms with Crippen molar-refractivity contribution < 1.29 is 19.0 Å². The molecule has 0 spiro atoms. The van der Waals surface area contributed by atoms with Gasteiger partial charge in [-0.15, -0.1) is 0 Å². The van der Waals surface area contributed by atoms with Gasteiger partial charge in [0.1, 0.15) is 17.8 Å². The molecule has 0 aliphatic heterocycles. The van der Waals surface area contributed by atoms with E-state index in [1.807, 2.05) is 48.5 Å². The monoisotopic (exact) mass is 529 g/mol. The van der Waals surface area contributed by atoms with Gasteiger partial charge in [0.15, 0.2) is 5.69 Å². The summed E-state index contributed by atoms with van der Waals surface area (Å²) in [6, 6.07) is 17.2. The molecule has 9 nitrogen and oxygen atoms in total. The number of carbonyl (C=O) groups is 1. The second-order valence-corrected chi connectivity index (χ2v) is 8.78. The molecule has 10 heteroatoms. The zero-order chi connectivity index (χ0) is 26.6. The summed E-state index contributed by atoms with van der Waals surface area (Å²) in [5.74, 6) is 0.952. The average molecular weight is 530 g/mol. The maximum absolute atomic E-state index is 11.9. The number of hydrogen-bond acceptors (Lipinski definition) is 8. The van der Waals surface area contributed by atoms with E-state index in [2.05, 4.69) is 20.5 Å². The number of benzene rings is 3. The van der Waals surface area contributed by atoms with E-state index in [1.54, 1.807) is 43.6 Å². The maximum atomic E-state index is 11.9. The van der Waals surface area contributed by atoms with E-state index >= 15 is 0 Å². The molecule has 2 aromatic heterocycles. The number of carbonyl (C=O) groups excluding carboxylic acids is 1. The highest BCUT2D eigenvalue weighted by Gasteiger charge is 2.15. The molecule has 1 N–H and O–H groups in total. The Morgan fingerprint density at radius 2 is 1.89 bits per heavy atom. The van der Waals surface area contributed by atoms with Crippen LogP contribution < -0.4 is 14.8 Å². The summed E-state index contributed by atoms with van der Waals surface area (Å²) >= 11 is 6.36. The summed E-state index contributed by atoms with van der Waals surface area (Å²) in [5.41, 5.74) is 5.25. The van der Waals surface area contributed by atoms with Crippen molar-refractivity contribution in [2.75, 3.05) is 26.6 Å². The fraction of sp³-hybridized carbons (Fsp3) is 0.143. The molecule has 192 valence electrons. The van der Waals surface area contributed by atoms with Crippen molar-refractivity contribution >= 4 is 34.2 Å². The summed E-state index contributed by atoms with van der Waals surface area (Å²) < 4.78 is 17.3. The fourth-order valence-corrected chi connectivity index (χ4v) is 4.36. The molecule has 38 heavy (non-hydrogen) atoms. The molecule has 5 aromatic rings. The lowest BCUT2D eigenvalue weighted by Crippen LogP contribution is -2.03. The van der Waals surface area contributed by atoms with Crippen molar-refractivity contribution in [2.45, 2.75) is 6.54 Å². The van der Waals surface area contributed by atoms with E-state index in [1.165, 1.54) is 7.11 Å². The maximum Gasteiger partial charge on any atom is 0.358 e. The number of nitrogens with one attached hydrogen (secondary N) is 1. The van der Waals surface area contributed by atoms with E-state index in [0.29, 0.717) is 17.1 Å². The van der Waals surface area contributed by atoms with Crippen LogP contribution in [0.5, 0.6) is 11.5 Å². The molecule has 0 aliphatic carbocycles. The lowest BCUT2D eigenvalue weighted by molar-refractivity contribution is 0.0594. The molecule has 0 amide bonds. The van der Waals surface area contributed by atoms with E-state index < -0.39 is 5.97 Å². The molecule has 0 unspecified atom stereocenters. The minimum Gasteiger partial charge on any atom is -0.497 e. The van der Waals surface area contributed by atoms with Gasteiger partial charge < -0.3 is 24.1 Å². The molecule has 0 saturated carbocycles. The van der Waals surface area contributed by atoms with Gasteiger partial charge in [0, 0.05) is 40.3 Å². The summed E-state index contributed by atoms with van der Waals surface area (Å²) in [6.45, 7) is 0.525. The lowest BCUT2D eigenvalue weighted by Gasteiger charge is -2.14. The van der Waals surface area contributed by atoms with E-state index in [9.17, 15) is 4.79 Å². The van der Waals surface area contributed by atoms with Crippen LogP contribution in [-0.2, 0) is 11.3 Å². The smallest absolute Gasteiger partial charge is 0.358 e. The first-order valence-electron chi connectivity index (χ1n) is 11.6. The van der Waals surface area contributed by atoms with Gasteiger partial charge in [-0.3, -0.25) is 0 Å². The third-order valence-electron chi connectivity index (χ3n) is 6.13. The molecule has 0 atom stereocenters. The molecule has 3 aromatic carbocycles. The van der Waals surface area contributed by atoms with Crippen LogP contribution in [-0.4, -0.2) is 47.0 Å². The number of imidazole rings is 1. The number of halogens is 1. The minimum absolute atomic E-state index is 0.210. The highest BCUT2D eigenvalue weighted by atomic mass is 35.5. The summed E-state index contributed by atoms with van der Waals surface area (Å²) in [7, 11) is 4.58. The van der Waals surface area contributed by atoms with Crippen molar-refractivity contribution in [1.82, 2.24) is 19.7 Å². The molecule has 2 heterocycles. The predicted octanol–water partition coefficient (Wildman–Crippen LogP) is 5.55. The van der Waals surface area contributed by atoms with Crippen molar-refractivity contribution in [3.8, 4) is 28.3 Å². The number of fused-ring (bicyclic) bond motifs is 1. The van der Waals surface area contributed by atoms with E-state index in [0.717, 1.165) is 45.0 Å². The van der Waals surface area contributed by atoms with Crippen molar-refractivity contribution in [3.63, 3.8) is 0 Å². The highest BCUT2D eigenvalue weighted by molar-refractivity contribution is 6.31. The summed E-state index contributed by atoms with van der Waals surface area (Å²) in [4.78, 5) is 16.1. The van der Waals surface area contributed by atoms with Crippen LogP contribution in [0, 0.1) is 0 Å². The number of ether oxygens (including phenoxy) is 3. The normalized spacial score (nSPS) is 10.8. The minimum atomic E-state index is -0.507. The Hall–Kier alpha value is -4.63. The number of methoxy groups -OCH3 is 3. The summed E-state index contributed by atoms with van der Waals surface area (Å²) in [6.07, 6.45) is 4.88.